The van der Waals surface area contributed by atoms with Crippen LogP contribution in [-0.2, 0) is 11.3 Å². The van der Waals surface area contributed by atoms with Crippen molar-refractivity contribution in [3.8, 4) is 0 Å². The summed E-state index contributed by atoms with van der Waals surface area (Å²) in [5, 5.41) is 0. The second-order valence-electron chi connectivity index (χ2n) is 6.52. The SMILES string of the molecule is COCc1cc(/C=N/c2ccccc2)c(C(C)C)cc1C(C)C. The average Bonchev–Trinajstić information content (AvgIpc) is 2.53. The summed E-state index contributed by atoms with van der Waals surface area (Å²) < 4.78 is 5.39. The summed E-state index contributed by atoms with van der Waals surface area (Å²) in [5.74, 6) is 0.944. The number of rotatable bonds is 6. The van der Waals surface area contributed by atoms with Crippen LogP contribution in [0.25, 0.3) is 0 Å². The van der Waals surface area contributed by atoms with Gasteiger partial charge in [-0.3, -0.25) is 4.99 Å². The molecule has 2 aromatic rings. The Kier molecular flexibility index (Phi) is 6.12. The zero-order chi connectivity index (χ0) is 16.8. The molecule has 0 aliphatic heterocycles. The van der Waals surface area contributed by atoms with E-state index in [1.807, 2.05) is 36.5 Å². The molecule has 0 unspecified atom stereocenters. The maximum absolute atomic E-state index is 5.39. The highest BCUT2D eigenvalue weighted by molar-refractivity contribution is 5.84. The zero-order valence-corrected chi connectivity index (χ0v) is 14.8. The average molecular weight is 309 g/mol. The van der Waals surface area contributed by atoms with Gasteiger partial charge in [0.15, 0.2) is 0 Å². The van der Waals surface area contributed by atoms with Crippen LogP contribution in [-0.4, -0.2) is 13.3 Å². The summed E-state index contributed by atoms with van der Waals surface area (Å²) in [5.41, 5.74) is 6.12. The predicted octanol–water partition coefficient (Wildman–Crippen LogP) is 5.83. The van der Waals surface area contributed by atoms with Crippen molar-refractivity contribution >= 4 is 11.9 Å². The molecule has 23 heavy (non-hydrogen) atoms. The lowest BCUT2D eigenvalue weighted by Crippen LogP contribution is -2.05. The highest BCUT2D eigenvalue weighted by atomic mass is 16.5. The van der Waals surface area contributed by atoms with Crippen LogP contribution in [0.4, 0.5) is 5.69 Å². The molecule has 0 radical (unpaired) electrons. The van der Waals surface area contributed by atoms with Gasteiger partial charge in [0, 0.05) is 13.3 Å². The van der Waals surface area contributed by atoms with E-state index in [2.05, 4.69) is 44.8 Å². The molecular weight excluding hydrogens is 282 g/mol. The summed E-state index contributed by atoms with van der Waals surface area (Å²) in [7, 11) is 1.75. The van der Waals surface area contributed by atoms with Crippen LogP contribution < -0.4 is 0 Å². The number of ether oxygens (including phenoxy) is 1. The van der Waals surface area contributed by atoms with Crippen LogP contribution in [0.1, 0.15) is 61.8 Å². The molecular formula is C21H27NO. The van der Waals surface area contributed by atoms with Crippen LogP contribution in [0.15, 0.2) is 47.5 Å². The first-order valence-electron chi connectivity index (χ1n) is 8.27. The van der Waals surface area contributed by atoms with Gasteiger partial charge in [0.05, 0.1) is 12.3 Å². The van der Waals surface area contributed by atoms with Crippen molar-refractivity contribution in [1.82, 2.24) is 0 Å². The first kappa shape index (κ1) is 17.4. The smallest absolute Gasteiger partial charge is 0.0716 e. The maximum atomic E-state index is 5.39. The van der Waals surface area contributed by atoms with E-state index in [1.54, 1.807) is 7.11 Å². The van der Waals surface area contributed by atoms with Gasteiger partial charge >= 0.3 is 0 Å². The van der Waals surface area contributed by atoms with Gasteiger partial charge in [0.2, 0.25) is 0 Å². The minimum absolute atomic E-state index is 0.460. The van der Waals surface area contributed by atoms with Gasteiger partial charge in [0.1, 0.15) is 0 Å². The lowest BCUT2D eigenvalue weighted by Gasteiger charge is -2.18. The van der Waals surface area contributed by atoms with Crippen LogP contribution in [0.5, 0.6) is 0 Å². The summed E-state index contributed by atoms with van der Waals surface area (Å²) >= 11 is 0. The molecule has 0 N–H and O–H groups in total. The van der Waals surface area contributed by atoms with E-state index in [-0.39, 0.29) is 0 Å². The Bertz CT molecular complexity index is 657. The Morgan fingerprint density at radius 2 is 1.61 bits per heavy atom. The monoisotopic (exact) mass is 309 g/mol. The summed E-state index contributed by atoms with van der Waals surface area (Å²) in [6, 6.07) is 14.6. The second-order valence-corrected chi connectivity index (χ2v) is 6.52. The molecule has 0 bridgehead atoms. The number of aliphatic imine (C=N–C) groups is 1. The van der Waals surface area contributed by atoms with Gasteiger partial charge in [-0.2, -0.15) is 0 Å². The van der Waals surface area contributed by atoms with Crippen molar-refractivity contribution in [3.05, 3.63) is 64.7 Å². The van der Waals surface area contributed by atoms with E-state index in [4.69, 9.17) is 4.74 Å². The molecule has 2 aromatic carbocycles. The Morgan fingerprint density at radius 3 is 2.17 bits per heavy atom. The third-order valence-electron chi connectivity index (χ3n) is 4.00. The van der Waals surface area contributed by atoms with Crippen LogP contribution >= 0.6 is 0 Å². The Hall–Kier alpha value is -1.93. The molecule has 0 amide bonds. The number of hydrogen-bond donors (Lipinski definition) is 0. The normalized spacial score (nSPS) is 11.8. The fraction of sp³-hybridized carbons (Fsp3) is 0.381. The van der Waals surface area contributed by atoms with Crippen LogP contribution in [0.2, 0.25) is 0 Å². The quantitative estimate of drug-likeness (QED) is 0.615. The van der Waals surface area contributed by atoms with Crippen molar-refractivity contribution in [2.45, 2.75) is 46.1 Å². The first-order chi connectivity index (χ1) is 11.0. The third kappa shape index (κ3) is 4.52. The Balaban J connectivity index is 2.48. The maximum Gasteiger partial charge on any atom is 0.0716 e. The lowest BCUT2D eigenvalue weighted by molar-refractivity contribution is 0.184. The lowest BCUT2D eigenvalue weighted by atomic mass is 9.88. The molecule has 0 aliphatic rings. The number of nitrogens with zero attached hydrogens (tertiary/aromatic N) is 1. The summed E-state index contributed by atoms with van der Waals surface area (Å²) in [6.07, 6.45) is 1.98. The zero-order valence-electron chi connectivity index (χ0n) is 14.8. The van der Waals surface area contributed by atoms with Crippen molar-refractivity contribution in [2.75, 3.05) is 7.11 Å². The van der Waals surface area contributed by atoms with E-state index >= 15 is 0 Å². The van der Waals surface area contributed by atoms with E-state index in [0.717, 1.165) is 5.69 Å². The van der Waals surface area contributed by atoms with Crippen molar-refractivity contribution < 1.29 is 4.74 Å². The molecule has 0 saturated heterocycles. The molecule has 2 heteroatoms. The van der Waals surface area contributed by atoms with Crippen molar-refractivity contribution in [3.63, 3.8) is 0 Å². The van der Waals surface area contributed by atoms with Crippen molar-refractivity contribution in [2.24, 2.45) is 4.99 Å². The number of methoxy groups -OCH3 is 1. The fourth-order valence-corrected chi connectivity index (χ4v) is 2.79. The van der Waals surface area contributed by atoms with Crippen LogP contribution in [0, 0.1) is 0 Å². The number of hydrogen-bond acceptors (Lipinski definition) is 2. The van der Waals surface area contributed by atoms with E-state index < -0.39 is 0 Å². The minimum atomic E-state index is 0.460. The predicted molar refractivity (Wildman–Crippen MR) is 99.0 cm³/mol. The number of para-hydroxylation sites is 1. The molecule has 0 heterocycles. The van der Waals surface area contributed by atoms with Gasteiger partial charge < -0.3 is 4.74 Å². The molecule has 2 nitrogen and oxygen atoms in total. The standard InChI is InChI=1S/C21H27NO/c1-15(2)20-12-21(16(3)4)18(14-23-5)11-17(20)13-22-19-9-7-6-8-10-19/h6-13,15-16H,14H2,1-5H3/b22-13+. The largest absolute Gasteiger partial charge is 0.380 e. The van der Waals surface area contributed by atoms with Crippen molar-refractivity contribution in [1.29, 1.82) is 0 Å². The van der Waals surface area contributed by atoms with Gasteiger partial charge in [-0.25, -0.2) is 0 Å². The third-order valence-corrected chi connectivity index (χ3v) is 4.00. The molecule has 122 valence electrons. The molecule has 0 aromatic heterocycles. The minimum Gasteiger partial charge on any atom is -0.380 e. The molecule has 0 atom stereocenters. The summed E-state index contributed by atoms with van der Waals surface area (Å²) in [6.45, 7) is 9.56. The molecule has 0 saturated carbocycles. The fourth-order valence-electron chi connectivity index (χ4n) is 2.79. The number of benzene rings is 2. The van der Waals surface area contributed by atoms with E-state index in [1.165, 1.54) is 22.3 Å². The Morgan fingerprint density at radius 1 is 0.957 bits per heavy atom. The van der Waals surface area contributed by atoms with Gasteiger partial charge in [-0.05, 0) is 52.3 Å². The van der Waals surface area contributed by atoms with Crippen LogP contribution in [0.3, 0.4) is 0 Å². The second kappa shape index (κ2) is 8.07. The Labute approximate surface area is 140 Å². The van der Waals surface area contributed by atoms with Gasteiger partial charge in [-0.1, -0.05) is 52.0 Å². The van der Waals surface area contributed by atoms with E-state index in [0.29, 0.717) is 18.4 Å². The molecule has 0 spiro atoms. The first-order valence-corrected chi connectivity index (χ1v) is 8.27. The van der Waals surface area contributed by atoms with Gasteiger partial charge in [-0.15, -0.1) is 0 Å². The van der Waals surface area contributed by atoms with Gasteiger partial charge in [0.25, 0.3) is 0 Å². The highest BCUT2D eigenvalue weighted by Crippen LogP contribution is 2.28. The van der Waals surface area contributed by atoms with E-state index in [9.17, 15) is 0 Å². The molecule has 0 aliphatic carbocycles. The molecule has 2 rings (SSSR count). The topological polar surface area (TPSA) is 21.6 Å². The molecule has 0 fully saturated rings. The highest BCUT2D eigenvalue weighted by Gasteiger charge is 2.13. The summed E-state index contributed by atoms with van der Waals surface area (Å²) in [4.78, 5) is 4.63.